The fourth-order valence-electron chi connectivity index (χ4n) is 3.62. The van der Waals surface area contributed by atoms with Gasteiger partial charge >= 0.3 is 5.97 Å². The number of nitrogens with one attached hydrogen (secondary N) is 1. The highest BCUT2D eigenvalue weighted by molar-refractivity contribution is 5.82. The normalized spacial score (nSPS) is 18.1. The third kappa shape index (κ3) is 7.56. The van der Waals surface area contributed by atoms with E-state index in [0.717, 1.165) is 24.0 Å². The molecule has 7 heteroatoms. The Kier molecular flexibility index (Phi) is 9.33. The number of hydrogen-bond acceptors (Lipinski definition) is 4. The van der Waals surface area contributed by atoms with Crippen molar-refractivity contribution in [1.82, 2.24) is 10.2 Å². The zero-order valence-electron chi connectivity index (χ0n) is 20.5. The van der Waals surface area contributed by atoms with E-state index in [2.05, 4.69) is 26.5 Å². The van der Waals surface area contributed by atoms with E-state index < -0.39 is 5.41 Å². The van der Waals surface area contributed by atoms with Crippen molar-refractivity contribution in [2.24, 2.45) is 16.7 Å². The molecule has 1 heterocycles. The first-order valence-electron chi connectivity index (χ1n) is 11.2. The Labute approximate surface area is 183 Å². The maximum absolute atomic E-state index is 13.1. The van der Waals surface area contributed by atoms with Crippen LogP contribution in [0.2, 0.25) is 0 Å². The zero-order valence-corrected chi connectivity index (χ0v) is 20.5. The maximum Gasteiger partial charge on any atom is 0.312 e. The van der Waals surface area contributed by atoms with Crippen LogP contribution in [-0.4, -0.2) is 81.1 Å². The minimum Gasteiger partial charge on any atom is -0.463 e. The molecular weight excluding hydrogens is 382 g/mol. The largest absolute Gasteiger partial charge is 0.463 e. The number of nitrogens with zero attached hydrogens (tertiary/aromatic N) is 2. The molecule has 0 aliphatic carbocycles. The first-order chi connectivity index (χ1) is 13.7. The number of hydrogen-bond donors (Lipinski definition) is 1. The van der Waals surface area contributed by atoms with Crippen LogP contribution < -0.4 is 5.32 Å². The van der Waals surface area contributed by atoms with E-state index in [1.54, 1.807) is 4.90 Å². The van der Waals surface area contributed by atoms with Gasteiger partial charge in [-0.3, -0.25) is 14.4 Å². The van der Waals surface area contributed by atoms with Gasteiger partial charge in [-0.05, 0) is 31.6 Å². The molecule has 7 nitrogen and oxygen atoms in total. The summed E-state index contributed by atoms with van der Waals surface area (Å²) in [5.41, 5.74) is -1.18. The molecule has 0 bridgehead atoms. The third-order valence-electron chi connectivity index (χ3n) is 6.47. The van der Waals surface area contributed by atoms with Gasteiger partial charge in [-0.1, -0.05) is 27.7 Å². The molecule has 2 atom stereocenters. The first kappa shape index (κ1) is 26.4. The van der Waals surface area contributed by atoms with E-state index >= 15 is 0 Å². The second-order valence-corrected chi connectivity index (χ2v) is 10.8. The molecule has 1 aliphatic rings. The molecule has 1 saturated heterocycles. The van der Waals surface area contributed by atoms with Crippen molar-refractivity contribution in [1.29, 1.82) is 0 Å². The molecule has 2 amide bonds. The summed E-state index contributed by atoms with van der Waals surface area (Å²) in [7, 11) is 6.27. The number of carbonyl (C=O) groups excluding carboxylic acids is 3. The summed E-state index contributed by atoms with van der Waals surface area (Å²) in [6.45, 7) is 12.7. The van der Waals surface area contributed by atoms with Gasteiger partial charge in [0.15, 0.2) is 0 Å². The van der Waals surface area contributed by atoms with Crippen molar-refractivity contribution in [3.05, 3.63) is 0 Å². The topological polar surface area (TPSA) is 75.7 Å². The number of rotatable bonds is 11. The second kappa shape index (κ2) is 10.6. The van der Waals surface area contributed by atoms with E-state index in [9.17, 15) is 14.4 Å². The highest BCUT2D eigenvalue weighted by Crippen LogP contribution is 2.45. The average Bonchev–Trinajstić information content (AvgIpc) is 3.02. The minimum atomic E-state index is -0.805. The number of amides is 2. The van der Waals surface area contributed by atoms with Gasteiger partial charge in [0.05, 0.1) is 46.2 Å². The summed E-state index contributed by atoms with van der Waals surface area (Å²) in [6.07, 6.45) is 2.55. The molecule has 30 heavy (non-hydrogen) atoms. The van der Waals surface area contributed by atoms with Crippen LogP contribution in [0.4, 0.5) is 0 Å². The van der Waals surface area contributed by atoms with E-state index in [1.165, 1.54) is 0 Å². The molecule has 0 saturated carbocycles. The van der Waals surface area contributed by atoms with Crippen molar-refractivity contribution in [2.75, 3.05) is 53.9 Å². The Morgan fingerprint density at radius 3 is 2.30 bits per heavy atom. The molecule has 0 aromatic heterocycles. The van der Waals surface area contributed by atoms with E-state index in [0.29, 0.717) is 32.4 Å². The van der Waals surface area contributed by atoms with Crippen LogP contribution in [-0.2, 0) is 19.1 Å². The van der Waals surface area contributed by atoms with Crippen molar-refractivity contribution < 1.29 is 23.6 Å². The lowest BCUT2D eigenvalue weighted by molar-refractivity contribution is -0.869. The molecule has 1 aliphatic heterocycles. The Hall–Kier alpha value is -1.63. The van der Waals surface area contributed by atoms with Crippen LogP contribution >= 0.6 is 0 Å². The van der Waals surface area contributed by atoms with Gasteiger partial charge in [0, 0.05) is 18.9 Å². The Bertz CT molecular complexity index is 607. The summed E-state index contributed by atoms with van der Waals surface area (Å²) >= 11 is 0. The molecular formula is C23H44N3O4+. The average molecular weight is 427 g/mol. The molecule has 1 rings (SSSR count). The monoisotopic (exact) mass is 426 g/mol. The summed E-state index contributed by atoms with van der Waals surface area (Å²) < 4.78 is 6.41. The molecule has 1 fully saturated rings. The summed E-state index contributed by atoms with van der Waals surface area (Å²) in [6, 6.07) is 0. The molecule has 0 aromatic rings. The zero-order chi connectivity index (χ0) is 23.2. The number of likely N-dealkylation sites (N-methyl/N-ethyl adjacent to an activating group) is 1. The van der Waals surface area contributed by atoms with Crippen LogP contribution in [0.15, 0.2) is 0 Å². The van der Waals surface area contributed by atoms with Gasteiger partial charge < -0.3 is 19.4 Å². The molecule has 0 radical (unpaired) electrons. The number of esters is 1. The van der Waals surface area contributed by atoms with Crippen LogP contribution in [0.25, 0.3) is 0 Å². The molecule has 0 aromatic carbocycles. The Morgan fingerprint density at radius 1 is 1.20 bits per heavy atom. The number of ether oxygens (including phenoxy) is 1. The number of carbonyl (C=O) groups is 3. The smallest absolute Gasteiger partial charge is 0.312 e. The van der Waals surface area contributed by atoms with Crippen molar-refractivity contribution in [2.45, 2.75) is 60.3 Å². The van der Waals surface area contributed by atoms with Crippen molar-refractivity contribution in [3.63, 3.8) is 0 Å². The fraction of sp³-hybridized carbons (Fsp3) is 0.870. The molecule has 0 spiro atoms. The first-order valence-corrected chi connectivity index (χ1v) is 11.2. The van der Waals surface area contributed by atoms with Gasteiger partial charge in [-0.25, -0.2) is 0 Å². The number of likely N-dealkylation sites (tertiary alicyclic amines) is 1. The van der Waals surface area contributed by atoms with Gasteiger partial charge in [-0.2, -0.15) is 0 Å². The lowest BCUT2D eigenvalue weighted by Crippen LogP contribution is -2.47. The van der Waals surface area contributed by atoms with E-state index in [-0.39, 0.29) is 35.7 Å². The lowest BCUT2D eigenvalue weighted by atomic mass is 9.63. The van der Waals surface area contributed by atoms with Crippen LogP contribution in [0.5, 0.6) is 0 Å². The summed E-state index contributed by atoms with van der Waals surface area (Å²) in [5, 5.41) is 3.04. The second-order valence-electron chi connectivity index (χ2n) is 10.8. The van der Waals surface area contributed by atoms with Crippen LogP contribution in [0.1, 0.15) is 60.3 Å². The third-order valence-corrected chi connectivity index (χ3v) is 6.47. The van der Waals surface area contributed by atoms with Gasteiger partial charge in [0.25, 0.3) is 0 Å². The van der Waals surface area contributed by atoms with Gasteiger partial charge in [-0.15, -0.1) is 0 Å². The Morgan fingerprint density at radius 2 is 1.83 bits per heavy atom. The molecule has 174 valence electrons. The van der Waals surface area contributed by atoms with Gasteiger partial charge in [0.1, 0.15) is 6.61 Å². The molecule has 2 unspecified atom stereocenters. The quantitative estimate of drug-likeness (QED) is 0.407. The Balaban J connectivity index is 2.75. The highest BCUT2D eigenvalue weighted by atomic mass is 16.5. The standard InChI is InChI=1S/C23H43N3O4/c1-9-18(20(28)24-12-15-26(6,7)8)17-23(5,22(2,3)4)21(29)30-16-14-25-13-10-11-19(25)27/h18H,9-17H2,1-8H3/p+1. The van der Waals surface area contributed by atoms with Gasteiger partial charge in [0.2, 0.25) is 11.8 Å². The SMILES string of the molecule is CCC(CC(C)(C(=O)OCCN1CCCC1=O)C(C)(C)C)C(=O)NCC[N+](C)(C)C. The van der Waals surface area contributed by atoms with E-state index in [1.807, 2.05) is 34.6 Å². The van der Waals surface area contributed by atoms with Crippen LogP contribution in [0, 0.1) is 16.7 Å². The predicted octanol–water partition coefficient (Wildman–Crippen LogP) is 2.44. The summed E-state index contributed by atoms with van der Waals surface area (Å²) in [4.78, 5) is 39.4. The molecule has 1 N–H and O–H groups in total. The summed E-state index contributed by atoms with van der Waals surface area (Å²) in [5.74, 6) is -0.424. The van der Waals surface area contributed by atoms with Crippen molar-refractivity contribution >= 4 is 17.8 Å². The van der Waals surface area contributed by atoms with Crippen molar-refractivity contribution in [3.8, 4) is 0 Å². The predicted molar refractivity (Wildman–Crippen MR) is 119 cm³/mol. The minimum absolute atomic E-state index is 0.00288. The maximum atomic E-state index is 13.1. The fourth-order valence-corrected chi connectivity index (χ4v) is 3.62. The number of quaternary nitrogens is 1. The lowest BCUT2D eigenvalue weighted by Gasteiger charge is -2.41. The van der Waals surface area contributed by atoms with E-state index in [4.69, 9.17) is 4.74 Å². The highest BCUT2D eigenvalue weighted by Gasteiger charge is 2.47. The van der Waals surface area contributed by atoms with Crippen LogP contribution in [0.3, 0.4) is 0 Å².